The average molecular weight is 562 g/mol. The third kappa shape index (κ3) is 5.35. The highest BCUT2D eigenvalue weighted by atomic mass is 32.2. The first-order valence-corrected chi connectivity index (χ1v) is 13.3. The summed E-state index contributed by atoms with van der Waals surface area (Å²) >= 11 is 0. The number of sulfonamides is 1. The van der Waals surface area contributed by atoms with E-state index in [1.165, 1.54) is 0 Å². The molecule has 0 radical (unpaired) electrons. The van der Waals surface area contributed by atoms with E-state index in [1.807, 2.05) is 19.0 Å². The van der Waals surface area contributed by atoms with E-state index >= 15 is 0 Å². The first kappa shape index (κ1) is 28.1. The van der Waals surface area contributed by atoms with Gasteiger partial charge in [-0.25, -0.2) is 17.2 Å². The van der Waals surface area contributed by atoms with Crippen LogP contribution in [0.4, 0.5) is 26.0 Å². The molecule has 0 atom stereocenters. The lowest BCUT2D eigenvalue weighted by molar-refractivity contribution is -0.115. The van der Waals surface area contributed by atoms with Crippen LogP contribution in [0.25, 0.3) is 0 Å². The van der Waals surface area contributed by atoms with Gasteiger partial charge in [0.2, 0.25) is 15.9 Å². The van der Waals surface area contributed by atoms with Crippen molar-refractivity contribution in [3.05, 3.63) is 64.9 Å². The Bertz CT molecular complexity index is 1530. The third-order valence-electron chi connectivity index (χ3n) is 6.44. The summed E-state index contributed by atoms with van der Waals surface area (Å²) in [6.07, 6.45) is 0. The van der Waals surface area contributed by atoms with Gasteiger partial charge in [-0.3, -0.25) is 14.7 Å². The Balaban J connectivity index is 1.65. The highest BCUT2D eigenvalue weighted by molar-refractivity contribution is 7.89. The Hall–Kier alpha value is -3.88. The molecule has 0 bridgehead atoms. The Kier molecular flexibility index (Phi) is 7.47. The minimum atomic E-state index is -4.33. The van der Waals surface area contributed by atoms with Gasteiger partial charge in [0.1, 0.15) is 11.6 Å². The molecule has 1 aliphatic rings. The monoisotopic (exact) mass is 561 g/mol. The molecule has 0 spiro atoms. The molecule has 0 unspecified atom stereocenters. The van der Waals surface area contributed by atoms with Crippen molar-refractivity contribution < 1.29 is 26.8 Å². The number of carbonyl (C=O) groups excluding carboxylic acids is 2. The number of anilines is 3. The third-order valence-corrected chi connectivity index (χ3v) is 8.43. The van der Waals surface area contributed by atoms with Gasteiger partial charge in [0, 0.05) is 38.0 Å². The number of H-pyrrole nitrogens is 1. The molecule has 0 saturated carbocycles. The summed E-state index contributed by atoms with van der Waals surface area (Å²) in [5.74, 6) is -2.87. The predicted octanol–water partition coefficient (Wildman–Crippen LogP) is 2.60. The summed E-state index contributed by atoms with van der Waals surface area (Å²) in [5.41, 5.74) is 0.848. The van der Waals surface area contributed by atoms with Gasteiger partial charge in [0.05, 0.1) is 33.9 Å². The highest BCUT2D eigenvalue weighted by Crippen LogP contribution is 2.44. The van der Waals surface area contributed by atoms with Crippen molar-refractivity contribution in [1.29, 1.82) is 0 Å². The predicted molar refractivity (Wildman–Crippen MR) is 142 cm³/mol. The quantitative estimate of drug-likeness (QED) is 0.332. The van der Waals surface area contributed by atoms with E-state index in [4.69, 9.17) is 0 Å². The van der Waals surface area contributed by atoms with Crippen molar-refractivity contribution in [2.45, 2.75) is 30.8 Å². The number of amides is 2. The van der Waals surface area contributed by atoms with Crippen molar-refractivity contribution in [3.8, 4) is 0 Å². The van der Waals surface area contributed by atoms with Crippen molar-refractivity contribution in [1.82, 2.24) is 19.8 Å². The SMILES string of the molecule is CNCC(=O)Nc1cc(N(C)C)ccc1C(=O)Nc1n[nH]c2c1CN(S(=O)(=O)c1cc(F)cc(F)c1)C2(C)C. The van der Waals surface area contributed by atoms with E-state index in [0.29, 0.717) is 17.3 Å². The van der Waals surface area contributed by atoms with Crippen LogP contribution in [0.1, 0.15) is 35.5 Å². The van der Waals surface area contributed by atoms with Crippen molar-refractivity contribution >= 4 is 39.0 Å². The fourth-order valence-electron chi connectivity index (χ4n) is 4.43. The molecular formula is C25H29F2N7O4S. The number of hydrogen-bond donors (Lipinski definition) is 4. The Labute approximate surface area is 224 Å². The van der Waals surface area contributed by atoms with Crippen LogP contribution >= 0.6 is 0 Å². The number of rotatable bonds is 8. The molecule has 39 heavy (non-hydrogen) atoms. The van der Waals surface area contributed by atoms with E-state index in [9.17, 15) is 26.8 Å². The van der Waals surface area contributed by atoms with Crippen molar-refractivity contribution in [2.75, 3.05) is 43.2 Å². The normalized spacial score (nSPS) is 14.6. The summed E-state index contributed by atoms with van der Waals surface area (Å²) in [7, 11) is 0.933. The zero-order valence-corrected chi connectivity index (χ0v) is 22.8. The number of nitrogens with zero attached hydrogens (tertiary/aromatic N) is 3. The standard InChI is InChI=1S/C25H29F2N7O4S/c1-25(2)22-19(13-34(25)39(37,38)17-9-14(26)8-15(27)10-17)23(32-31-22)30-24(36)18-7-6-16(33(4)5)11-20(18)29-21(35)12-28-3/h6-11,28H,12-13H2,1-5H3,(H,29,35)(H2,30,31,32,36). The molecule has 208 valence electrons. The van der Waals surface area contributed by atoms with E-state index in [0.717, 1.165) is 22.1 Å². The van der Waals surface area contributed by atoms with Crippen LogP contribution in [0.5, 0.6) is 0 Å². The largest absolute Gasteiger partial charge is 0.378 e. The first-order chi connectivity index (χ1) is 18.2. The molecule has 1 aliphatic heterocycles. The maximum Gasteiger partial charge on any atom is 0.258 e. The van der Waals surface area contributed by atoms with Crippen LogP contribution in [-0.4, -0.2) is 62.4 Å². The van der Waals surface area contributed by atoms with Gasteiger partial charge in [0.15, 0.2) is 5.82 Å². The molecule has 2 aromatic carbocycles. The minimum Gasteiger partial charge on any atom is -0.378 e. The van der Waals surface area contributed by atoms with Gasteiger partial charge in [-0.2, -0.15) is 9.40 Å². The van der Waals surface area contributed by atoms with E-state index in [2.05, 4.69) is 26.1 Å². The number of halogens is 2. The number of aromatic amines is 1. The van der Waals surface area contributed by atoms with Gasteiger partial charge in [-0.05, 0) is 51.2 Å². The number of likely N-dealkylation sites (N-methyl/N-ethyl adjacent to an activating group) is 1. The van der Waals surface area contributed by atoms with Crippen LogP contribution in [0, 0.1) is 11.6 Å². The summed E-state index contributed by atoms with van der Waals surface area (Å²) < 4.78 is 55.5. The topological polar surface area (TPSA) is 140 Å². The molecular weight excluding hydrogens is 532 g/mol. The van der Waals surface area contributed by atoms with Gasteiger partial charge < -0.3 is 20.9 Å². The van der Waals surface area contributed by atoms with Crippen LogP contribution in [0.15, 0.2) is 41.3 Å². The lowest BCUT2D eigenvalue weighted by Gasteiger charge is -2.30. The number of carbonyl (C=O) groups is 2. The van der Waals surface area contributed by atoms with E-state index in [1.54, 1.807) is 39.1 Å². The van der Waals surface area contributed by atoms with Gasteiger partial charge in [-0.1, -0.05) is 0 Å². The maximum atomic E-state index is 13.8. The second-order valence-corrected chi connectivity index (χ2v) is 11.6. The zero-order chi connectivity index (χ0) is 28.7. The molecule has 14 heteroatoms. The zero-order valence-electron chi connectivity index (χ0n) is 22.0. The smallest absolute Gasteiger partial charge is 0.258 e. The van der Waals surface area contributed by atoms with Gasteiger partial charge in [-0.15, -0.1) is 0 Å². The Morgan fingerprint density at radius 1 is 1.10 bits per heavy atom. The van der Waals surface area contributed by atoms with Crippen molar-refractivity contribution in [2.24, 2.45) is 0 Å². The van der Waals surface area contributed by atoms with Crippen molar-refractivity contribution in [3.63, 3.8) is 0 Å². The molecule has 2 amide bonds. The second-order valence-electron chi connectivity index (χ2n) is 9.76. The van der Waals surface area contributed by atoms with Crippen LogP contribution in [-0.2, 0) is 26.9 Å². The van der Waals surface area contributed by atoms with Crippen LogP contribution in [0.3, 0.4) is 0 Å². The lowest BCUT2D eigenvalue weighted by atomic mass is 10.0. The minimum absolute atomic E-state index is 0.0364. The maximum absolute atomic E-state index is 13.8. The van der Waals surface area contributed by atoms with Gasteiger partial charge in [0.25, 0.3) is 5.91 Å². The number of nitrogens with one attached hydrogen (secondary N) is 4. The molecule has 11 nitrogen and oxygen atoms in total. The van der Waals surface area contributed by atoms with E-state index in [-0.39, 0.29) is 36.1 Å². The average Bonchev–Trinajstić information content (AvgIpc) is 3.36. The van der Waals surface area contributed by atoms with Gasteiger partial charge >= 0.3 is 0 Å². The highest BCUT2D eigenvalue weighted by Gasteiger charge is 2.48. The lowest BCUT2D eigenvalue weighted by Crippen LogP contribution is -2.40. The van der Waals surface area contributed by atoms with Crippen LogP contribution < -0.4 is 20.9 Å². The molecule has 0 aliphatic carbocycles. The molecule has 1 aromatic heterocycles. The Morgan fingerprint density at radius 3 is 2.38 bits per heavy atom. The molecule has 4 N–H and O–H groups in total. The summed E-state index contributed by atoms with van der Waals surface area (Å²) in [5, 5.41) is 15.1. The molecule has 2 heterocycles. The number of hydrogen-bond acceptors (Lipinski definition) is 7. The Morgan fingerprint density at radius 2 is 1.77 bits per heavy atom. The summed E-state index contributed by atoms with van der Waals surface area (Å²) in [6, 6.07) is 7.04. The molecule has 3 aromatic rings. The number of fused-ring (bicyclic) bond motifs is 1. The summed E-state index contributed by atoms with van der Waals surface area (Å²) in [4.78, 5) is 26.9. The fourth-order valence-corrected chi connectivity index (χ4v) is 6.20. The summed E-state index contributed by atoms with van der Waals surface area (Å²) in [6.45, 7) is 3.06. The van der Waals surface area contributed by atoms with Crippen LogP contribution in [0.2, 0.25) is 0 Å². The van der Waals surface area contributed by atoms with E-state index < -0.39 is 38.0 Å². The number of benzene rings is 2. The molecule has 0 fully saturated rings. The second kappa shape index (κ2) is 10.4. The molecule has 4 rings (SSSR count). The number of aromatic nitrogens is 2. The molecule has 0 saturated heterocycles. The first-order valence-electron chi connectivity index (χ1n) is 11.9. The fraction of sp³-hybridized carbons (Fsp3) is 0.320.